The van der Waals surface area contributed by atoms with Crippen LogP contribution in [0.3, 0.4) is 0 Å². The number of anilines is 1. The predicted octanol–water partition coefficient (Wildman–Crippen LogP) is 4.63. The third-order valence-electron chi connectivity index (χ3n) is 5.02. The molecule has 1 aliphatic heterocycles. The van der Waals surface area contributed by atoms with Gasteiger partial charge in [-0.2, -0.15) is 0 Å². The summed E-state index contributed by atoms with van der Waals surface area (Å²) in [6, 6.07) is 18.2. The SMILES string of the molecule is O=S(=O)(c1ccccc1Cl)N(Cc1cccs1)c1ccc(CN2CCOCC2)cc1. The van der Waals surface area contributed by atoms with E-state index < -0.39 is 10.0 Å². The first-order chi connectivity index (χ1) is 14.5. The smallest absolute Gasteiger partial charge is 0.266 e. The summed E-state index contributed by atoms with van der Waals surface area (Å²) >= 11 is 7.77. The summed E-state index contributed by atoms with van der Waals surface area (Å²) in [5.74, 6) is 0. The van der Waals surface area contributed by atoms with Gasteiger partial charge in [-0.15, -0.1) is 11.3 Å². The van der Waals surface area contributed by atoms with Gasteiger partial charge in [0.15, 0.2) is 0 Å². The molecule has 0 N–H and O–H groups in total. The van der Waals surface area contributed by atoms with Crippen LogP contribution in [0.5, 0.6) is 0 Å². The normalized spacial score (nSPS) is 15.2. The molecule has 3 aromatic rings. The van der Waals surface area contributed by atoms with E-state index >= 15 is 0 Å². The number of hydrogen-bond donors (Lipinski definition) is 0. The Kier molecular flexibility index (Phi) is 6.75. The second-order valence-corrected chi connectivity index (χ2v) is 10.3. The molecular weight excluding hydrogens is 440 g/mol. The Bertz CT molecular complexity index is 1060. The molecule has 5 nitrogen and oxygen atoms in total. The van der Waals surface area contributed by atoms with Gasteiger partial charge in [0.05, 0.1) is 30.5 Å². The lowest BCUT2D eigenvalue weighted by Crippen LogP contribution is -2.35. The number of halogens is 1. The summed E-state index contributed by atoms with van der Waals surface area (Å²) in [6.45, 7) is 4.41. The highest BCUT2D eigenvalue weighted by Crippen LogP contribution is 2.31. The van der Waals surface area contributed by atoms with Crippen molar-refractivity contribution in [3.05, 3.63) is 81.5 Å². The molecule has 2 aromatic carbocycles. The summed E-state index contributed by atoms with van der Waals surface area (Å²) in [4.78, 5) is 3.41. The van der Waals surface area contributed by atoms with E-state index in [2.05, 4.69) is 4.90 Å². The lowest BCUT2D eigenvalue weighted by molar-refractivity contribution is 0.0342. The zero-order valence-corrected chi connectivity index (χ0v) is 18.8. The van der Waals surface area contributed by atoms with Crippen molar-refractivity contribution in [3.8, 4) is 0 Å². The van der Waals surface area contributed by atoms with Crippen LogP contribution in [0.2, 0.25) is 5.02 Å². The van der Waals surface area contributed by atoms with Crippen LogP contribution in [0.15, 0.2) is 70.9 Å². The topological polar surface area (TPSA) is 49.9 Å². The Morgan fingerprint density at radius 2 is 1.73 bits per heavy atom. The van der Waals surface area contributed by atoms with Gasteiger partial charge >= 0.3 is 0 Å². The van der Waals surface area contributed by atoms with Gasteiger partial charge in [-0.05, 0) is 41.3 Å². The van der Waals surface area contributed by atoms with Crippen molar-refractivity contribution in [2.45, 2.75) is 18.0 Å². The number of rotatable bonds is 7. The summed E-state index contributed by atoms with van der Waals surface area (Å²) in [5, 5.41) is 2.17. The molecule has 0 atom stereocenters. The second kappa shape index (κ2) is 9.49. The van der Waals surface area contributed by atoms with Crippen molar-refractivity contribution in [2.24, 2.45) is 0 Å². The maximum atomic E-state index is 13.5. The molecule has 4 rings (SSSR count). The lowest BCUT2D eigenvalue weighted by Gasteiger charge is -2.27. The van der Waals surface area contributed by atoms with E-state index in [4.69, 9.17) is 16.3 Å². The minimum atomic E-state index is -3.82. The van der Waals surface area contributed by atoms with Gasteiger partial charge in [0, 0.05) is 24.5 Å². The standard InChI is InChI=1S/C22H23ClN2O3S2/c23-21-5-1-2-6-22(21)30(26,27)25(17-20-4-3-15-29-20)19-9-7-18(8-10-19)16-24-11-13-28-14-12-24/h1-10,15H,11-14,16-17H2. The van der Waals surface area contributed by atoms with Crippen LogP contribution in [0.25, 0.3) is 0 Å². The fourth-order valence-corrected chi connectivity index (χ4v) is 6.13. The maximum Gasteiger partial charge on any atom is 0.266 e. The van der Waals surface area contributed by atoms with Crippen LogP contribution in [0.4, 0.5) is 5.69 Å². The minimum Gasteiger partial charge on any atom is -0.379 e. The number of morpholine rings is 1. The molecule has 8 heteroatoms. The second-order valence-electron chi connectivity index (χ2n) is 7.08. The highest BCUT2D eigenvalue weighted by Gasteiger charge is 2.27. The summed E-state index contributed by atoms with van der Waals surface area (Å²) in [7, 11) is -3.82. The molecule has 0 unspecified atom stereocenters. The van der Waals surface area contributed by atoms with Crippen molar-refractivity contribution in [3.63, 3.8) is 0 Å². The van der Waals surface area contributed by atoms with Crippen molar-refractivity contribution in [2.75, 3.05) is 30.6 Å². The van der Waals surface area contributed by atoms with Crippen molar-refractivity contribution < 1.29 is 13.2 Å². The van der Waals surface area contributed by atoms with Crippen LogP contribution in [0.1, 0.15) is 10.4 Å². The van der Waals surface area contributed by atoms with Gasteiger partial charge in [0.25, 0.3) is 10.0 Å². The zero-order valence-electron chi connectivity index (χ0n) is 16.4. The Balaban J connectivity index is 1.63. The fraction of sp³-hybridized carbons (Fsp3) is 0.273. The summed E-state index contributed by atoms with van der Waals surface area (Å²) < 4.78 is 33.8. The quantitative estimate of drug-likeness (QED) is 0.513. The van der Waals surface area contributed by atoms with E-state index in [9.17, 15) is 8.42 Å². The van der Waals surface area contributed by atoms with Crippen molar-refractivity contribution in [1.29, 1.82) is 0 Å². The molecule has 1 aromatic heterocycles. The van der Waals surface area contributed by atoms with E-state index in [1.165, 1.54) is 15.6 Å². The molecule has 0 saturated carbocycles. The number of hydrogen-bond acceptors (Lipinski definition) is 5. The third kappa shape index (κ3) is 4.87. The number of benzene rings is 2. The fourth-order valence-electron chi connectivity index (χ4n) is 3.42. The average molecular weight is 463 g/mol. The molecule has 0 amide bonds. The summed E-state index contributed by atoms with van der Waals surface area (Å²) in [5.41, 5.74) is 1.76. The molecule has 158 valence electrons. The van der Waals surface area contributed by atoms with Crippen LogP contribution in [0, 0.1) is 0 Å². The van der Waals surface area contributed by atoms with Gasteiger partial charge in [0.2, 0.25) is 0 Å². The van der Waals surface area contributed by atoms with E-state index in [0.717, 1.165) is 43.3 Å². The Morgan fingerprint density at radius 1 is 1.00 bits per heavy atom. The van der Waals surface area contributed by atoms with E-state index in [1.54, 1.807) is 24.3 Å². The van der Waals surface area contributed by atoms with Gasteiger partial charge in [-0.3, -0.25) is 9.21 Å². The molecule has 2 heterocycles. The van der Waals surface area contributed by atoms with Crippen molar-refractivity contribution >= 4 is 38.6 Å². The molecular formula is C22H23ClN2O3S2. The molecule has 0 spiro atoms. The average Bonchev–Trinajstić information content (AvgIpc) is 3.27. The minimum absolute atomic E-state index is 0.112. The number of nitrogens with zero attached hydrogens (tertiary/aromatic N) is 2. The first kappa shape index (κ1) is 21.3. The van der Waals surface area contributed by atoms with E-state index in [-0.39, 0.29) is 16.5 Å². The number of thiophene rings is 1. The van der Waals surface area contributed by atoms with Gasteiger partial charge < -0.3 is 4.74 Å². The number of ether oxygens (including phenoxy) is 1. The Morgan fingerprint density at radius 3 is 2.40 bits per heavy atom. The Labute approximate surface area is 186 Å². The van der Waals surface area contributed by atoms with E-state index in [0.29, 0.717) is 5.69 Å². The molecule has 0 aliphatic carbocycles. The summed E-state index contributed by atoms with van der Waals surface area (Å²) in [6.07, 6.45) is 0. The lowest BCUT2D eigenvalue weighted by atomic mass is 10.2. The van der Waals surface area contributed by atoms with Crippen LogP contribution in [-0.2, 0) is 27.8 Å². The zero-order chi connectivity index (χ0) is 21.0. The third-order valence-corrected chi connectivity index (χ3v) is 8.15. The van der Waals surface area contributed by atoms with E-state index in [1.807, 2.05) is 41.8 Å². The first-order valence-corrected chi connectivity index (χ1v) is 12.4. The van der Waals surface area contributed by atoms with Crippen LogP contribution in [-0.4, -0.2) is 39.6 Å². The first-order valence-electron chi connectivity index (χ1n) is 9.73. The predicted molar refractivity (Wildman–Crippen MR) is 122 cm³/mol. The largest absolute Gasteiger partial charge is 0.379 e. The molecule has 30 heavy (non-hydrogen) atoms. The van der Waals surface area contributed by atoms with Gasteiger partial charge in [0.1, 0.15) is 4.90 Å². The van der Waals surface area contributed by atoms with Crippen LogP contribution >= 0.6 is 22.9 Å². The van der Waals surface area contributed by atoms with Crippen LogP contribution < -0.4 is 4.31 Å². The Hall–Kier alpha value is -1.90. The van der Waals surface area contributed by atoms with Crippen molar-refractivity contribution in [1.82, 2.24) is 4.90 Å². The molecule has 0 radical (unpaired) electrons. The molecule has 1 aliphatic rings. The molecule has 1 fully saturated rings. The molecule has 1 saturated heterocycles. The highest BCUT2D eigenvalue weighted by molar-refractivity contribution is 7.93. The molecule has 0 bridgehead atoms. The van der Waals surface area contributed by atoms with Gasteiger partial charge in [-0.1, -0.05) is 41.9 Å². The highest BCUT2D eigenvalue weighted by atomic mass is 35.5. The maximum absolute atomic E-state index is 13.5. The number of sulfonamides is 1. The van der Waals surface area contributed by atoms with Gasteiger partial charge in [-0.25, -0.2) is 8.42 Å². The monoisotopic (exact) mass is 462 g/mol.